The zero-order valence-electron chi connectivity index (χ0n) is 11.9. The number of piperidine rings is 1. The molecule has 1 aromatic heterocycles. The molecule has 2 saturated heterocycles. The van der Waals surface area contributed by atoms with Gasteiger partial charge in [0.1, 0.15) is 5.60 Å². The first kappa shape index (κ1) is 13.6. The number of likely N-dealkylation sites (N-methyl/N-ethyl adjacent to an activating group) is 1. The van der Waals surface area contributed by atoms with Crippen LogP contribution in [0.25, 0.3) is 0 Å². The van der Waals surface area contributed by atoms with Gasteiger partial charge in [-0.05, 0) is 19.4 Å². The second kappa shape index (κ2) is 5.21. The van der Waals surface area contributed by atoms with E-state index >= 15 is 0 Å². The van der Waals surface area contributed by atoms with Gasteiger partial charge in [-0.3, -0.25) is 4.90 Å². The Bertz CT molecular complexity index is 506. The maximum Gasteiger partial charge on any atom is 0.410 e. The van der Waals surface area contributed by atoms with Crippen LogP contribution in [0.15, 0.2) is 5.38 Å². The Balaban J connectivity index is 1.65. The number of thiazole rings is 1. The molecule has 0 radical (unpaired) electrons. The van der Waals surface area contributed by atoms with E-state index in [1.165, 1.54) is 0 Å². The quantitative estimate of drug-likeness (QED) is 0.918. The zero-order valence-corrected chi connectivity index (χ0v) is 12.7. The van der Waals surface area contributed by atoms with Crippen molar-refractivity contribution in [1.82, 2.24) is 14.8 Å². The molecular weight excluding hydrogens is 276 g/mol. The van der Waals surface area contributed by atoms with E-state index in [1.54, 1.807) is 23.3 Å². The number of likely N-dealkylation sites (tertiary alicyclic amines) is 1. The Hall–Kier alpha value is -1.34. The first-order chi connectivity index (χ1) is 9.60. The minimum atomic E-state index is -0.314. The van der Waals surface area contributed by atoms with Crippen LogP contribution in [-0.4, -0.2) is 60.2 Å². The molecule has 3 heterocycles. The van der Waals surface area contributed by atoms with Gasteiger partial charge in [-0.25, -0.2) is 9.78 Å². The summed E-state index contributed by atoms with van der Waals surface area (Å²) in [5.41, 5.74) is 0.764. The third-order valence-electron chi connectivity index (χ3n) is 3.91. The molecule has 2 aliphatic rings. The lowest BCUT2D eigenvalue weighted by molar-refractivity contribution is -0.0116. The van der Waals surface area contributed by atoms with Crippen molar-refractivity contribution in [1.29, 1.82) is 0 Å². The van der Waals surface area contributed by atoms with E-state index in [0.29, 0.717) is 6.54 Å². The van der Waals surface area contributed by atoms with E-state index in [-0.39, 0.29) is 11.7 Å². The van der Waals surface area contributed by atoms with E-state index in [9.17, 15) is 4.79 Å². The van der Waals surface area contributed by atoms with E-state index in [1.807, 2.05) is 7.05 Å². The van der Waals surface area contributed by atoms with Crippen LogP contribution in [0.3, 0.4) is 0 Å². The lowest BCUT2D eigenvalue weighted by Gasteiger charge is -2.38. The smallest absolute Gasteiger partial charge is 0.410 e. The molecule has 2 aliphatic heterocycles. The van der Waals surface area contributed by atoms with E-state index in [4.69, 9.17) is 4.74 Å². The highest BCUT2D eigenvalue weighted by Crippen LogP contribution is 2.32. The van der Waals surface area contributed by atoms with Gasteiger partial charge in [0.15, 0.2) is 5.13 Å². The van der Waals surface area contributed by atoms with Gasteiger partial charge in [0.05, 0.1) is 12.2 Å². The number of aromatic nitrogens is 1. The summed E-state index contributed by atoms with van der Waals surface area (Å²) in [4.78, 5) is 20.1. The van der Waals surface area contributed by atoms with Crippen molar-refractivity contribution in [3.05, 3.63) is 11.1 Å². The van der Waals surface area contributed by atoms with Gasteiger partial charge in [0.2, 0.25) is 0 Å². The molecule has 20 heavy (non-hydrogen) atoms. The molecule has 3 rings (SSSR count). The molecule has 1 atom stereocenters. The zero-order chi connectivity index (χ0) is 14.2. The lowest BCUT2D eigenvalue weighted by atomic mass is 9.93. The maximum atomic E-state index is 11.6. The largest absolute Gasteiger partial charge is 0.440 e. The topological polar surface area (TPSA) is 57.7 Å². The summed E-state index contributed by atoms with van der Waals surface area (Å²) >= 11 is 1.62. The number of amides is 1. The second-order valence-corrected chi connectivity index (χ2v) is 6.47. The van der Waals surface area contributed by atoms with Crippen molar-refractivity contribution in [3.63, 3.8) is 0 Å². The molecule has 1 N–H and O–H groups in total. The van der Waals surface area contributed by atoms with Crippen molar-refractivity contribution >= 4 is 22.6 Å². The minimum Gasteiger partial charge on any atom is -0.440 e. The number of carbonyl (C=O) groups excluding carboxylic acids is 1. The maximum absolute atomic E-state index is 11.6. The Morgan fingerprint density at radius 2 is 2.40 bits per heavy atom. The molecule has 6 nitrogen and oxygen atoms in total. The van der Waals surface area contributed by atoms with E-state index in [0.717, 1.165) is 43.3 Å². The Labute approximate surface area is 122 Å². The van der Waals surface area contributed by atoms with Crippen LogP contribution in [0.2, 0.25) is 0 Å². The van der Waals surface area contributed by atoms with Gasteiger partial charge >= 0.3 is 6.09 Å². The summed E-state index contributed by atoms with van der Waals surface area (Å²) in [6.45, 7) is 3.35. The third kappa shape index (κ3) is 2.60. The van der Waals surface area contributed by atoms with Crippen LogP contribution in [0, 0.1) is 0 Å². The molecule has 0 saturated carbocycles. The summed E-state index contributed by atoms with van der Waals surface area (Å²) in [7, 11) is 3.68. The highest BCUT2D eigenvalue weighted by molar-refractivity contribution is 7.13. The van der Waals surface area contributed by atoms with Crippen LogP contribution in [0.4, 0.5) is 9.93 Å². The van der Waals surface area contributed by atoms with Crippen LogP contribution in [-0.2, 0) is 11.3 Å². The van der Waals surface area contributed by atoms with Crippen molar-refractivity contribution in [2.75, 3.05) is 39.0 Å². The predicted octanol–water partition coefficient (Wildman–Crippen LogP) is 1.60. The summed E-state index contributed by atoms with van der Waals surface area (Å²) in [5, 5.41) is 6.08. The van der Waals surface area contributed by atoms with Crippen molar-refractivity contribution < 1.29 is 9.53 Å². The van der Waals surface area contributed by atoms with Crippen LogP contribution < -0.4 is 5.32 Å². The first-order valence-corrected chi connectivity index (χ1v) is 7.77. The molecule has 1 spiro atoms. The molecular formula is C13H20N4O2S. The standard InChI is InChI=1S/C13H20N4O2S/c1-14-11-15-10(7-20-11)6-17-5-3-4-13(9-17)8-16(2)12(18)19-13/h7H,3-6,8-9H2,1-2H3,(H,14,15)/t13-/m1/s1. The number of hydrogen-bond acceptors (Lipinski definition) is 6. The monoisotopic (exact) mass is 296 g/mol. The molecule has 0 unspecified atom stereocenters. The Morgan fingerprint density at radius 3 is 3.05 bits per heavy atom. The molecule has 7 heteroatoms. The van der Waals surface area contributed by atoms with E-state index < -0.39 is 0 Å². The minimum absolute atomic E-state index is 0.196. The summed E-state index contributed by atoms with van der Waals surface area (Å²) < 4.78 is 5.61. The number of rotatable bonds is 3. The fourth-order valence-electron chi connectivity index (χ4n) is 3.05. The van der Waals surface area contributed by atoms with Crippen LogP contribution in [0.1, 0.15) is 18.5 Å². The molecule has 0 aliphatic carbocycles. The number of anilines is 1. The molecule has 1 amide bonds. The molecule has 110 valence electrons. The van der Waals surface area contributed by atoms with Crippen molar-refractivity contribution in [2.45, 2.75) is 25.0 Å². The van der Waals surface area contributed by atoms with Gasteiger partial charge in [0.25, 0.3) is 0 Å². The van der Waals surface area contributed by atoms with Gasteiger partial charge in [0, 0.05) is 32.6 Å². The second-order valence-electron chi connectivity index (χ2n) is 5.62. The normalized spacial score (nSPS) is 27.1. The number of ether oxygens (including phenoxy) is 1. The SMILES string of the molecule is CNc1nc(CN2CCC[C@]3(C2)CN(C)C(=O)O3)cs1. The summed E-state index contributed by atoms with van der Waals surface area (Å²) in [5.74, 6) is 0. The van der Waals surface area contributed by atoms with Gasteiger partial charge in [-0.2, -0.15) is 0 Å². The highest BCUT2D eigenvalue weighted by atomic mass is 32.1. The number of nitrogens with one attached hydrogen (secondary N) is 1. The highest BCUT2D eigenvalue weighted by Gasteiger charge is 2.46. The summed E-state index contributed by atoms with van der Waals surface area (Å²) in [6, 6.07) is 0. The predicted molar refractivity (Wildman–Crippen MR) is 78.0 cm³/mol. The first-order valence-electron chi connectivity index (χ1n) is 6.89. The van der Waals surface area contributed by atoms with Gasteiger partial charge in [-0.1, -0.05) is 0 Å². The fraction of sp³-hybridized carbons (Fsp3) is 0.692. The van der Waals surface area contributed by atoms with Crippen molar-refractivity contribution in [3.8, 4) is 0 Å². The third-order valence-corrected chi connectivity index (χ3v) is 4.82. The average molecular weight is 296 g/mol. The van der Waals surface area contributed by atoms with Crippen LogP contribution in [0.5, 0.6) is 0 Å². The Morgan fingerprint density at radius 1 is 1.55 bits per heavy atom. The number of hydrogen-bond donors (Lipinski definition) is 1. The average Bonchev–Trinajstić information content (AvgIpc) is 2.95. The fourth-order valence-corrected chi connectivity index (χ4v) is 3.72. The molecule has 2 fully saturated rings. The number of carbonyl (C=O) groups is 1. The molecule has 0 aromatic carbocycles. The van der Waals surface area contributed by atoms with Crippen molar-refractivity contribution in [2.24, 2.45) is 0 Å². The van der Waals surface area contributed by atoms with E-state index in [2.05, 4.69) is 20.6 Å². The molecule has 1 aromatic rings. The van der Waals surface area contributed by atoms with Gasteiger partial charge in [-0.15, -0.1) is 11.3 Å². The summed E-state index contributed by atoms with van der Waals surface area (Å²) in [6.07, 6.45) is 1.82. The molecule has 0 bridgehead atoms. The lowest BCUT2D eigenvalue weighted by Crippen LogP contribution is -2.50. The Kier molecular flexibility index (Phi) is 3.55. The van der Waals surface area contributed by atoms with Crippen LogP contribution >= 0.6 is 11.3 Å². The van der Waals surface area contributed by atoms with Gasteiger partial charge < -0.3 is 15.0 Å². The number of nitrogens with zero attached hydrogens (tertiary/aromatic N) is 3.